The average Bonchev–Trinajstić information content (AvgIpc) is 3.11. The molecule has 3 aromatic carbocycles. The summed E-state index contributed by atoms with van der Waals surface area (Å²) in [4.78, 5) is 16.7. The highest BCUT2D eigenvalue weighted by atomic mass is 16.5. The molecule has 4 rings (SSSR count). The monoisotopic (exact) mass is 367 g/mol. The summed E-state index contributed by atoms with van der Waals surface area (Å²) in [6, 6.07) is 25.0. The van der Waals surface area contributed by atoms with E-state index in [2.05, 4.69) is 22.8 Å². The number of rotatable bonds is 4. The SMILES string of the molecule is COC(=O)c1ccc2c(c1)nc(-c1ccc(C#N)cc1)n2Cc1ccccc1. The molecule has 0 unspecified atom stereocenters. The van der Waals surface area contributed by atoms with Gasteiger partial charge in [0.15, 0.2) is 0 Å². The molecule has 0 saturated carbocycles. The number of methoxy groups -OCH3 is 1. The van der Waals surface area contributed by atoms with Gasteiger partial charge in [0.2, 0.25) is 0 Å². The summed E-state index contributed by atoms with van der Waals surface area (Å²) in [5.74, 6) is 0.393. The highest BCUT2D eigenvalue weighted by molar-refractivity contribution is 5.94. The smallest absolute Gasteiger partial charge is 0.337 e. The second-order valence-electron chi connectivity index (χ2n) is 6.39. The maximum atomic E-state index is 11.9. The molecule has 0 fully saturated rings. The third-order valence-corrected chi connectivity index (χ3v) is 4.63. The molecule has 1 aromatic heterocycles. The molecular formula is C23H17N3O2. The van der Waals surface area contributed by atoms with E-state index in [9.17, 15) is 4.79 Å². The van der Waals surface area contributed by atoms with Gasteiger partial charge in [-0.1, -0.05) is 30.3 Å². The zero-order valence-electron chi connectivity index (χ0n) is 15.3. The predicted molar refractivity (Wildman–Crippen MR) is 107 cm³/mol. The normalized spacial score (nSPS) is 10.6. The number of aromatic nitrogens is 2. The molecule has 0 aliphatic carbocycles. The van der Waals surface area contributed by atoms with Crippen LogP contribution >= 0.6 is 0 Å². The molecular weight excluding hydrogens is 350 g/mol. The van der Waals surface area contributed by atoms with Gasteiger partial charge in [0.25, 0.3) is 0 Å². The molecule has 0 saturated heterocycles. The second kappa shape index (κ2) is 7.37. The number of hydrogen-bond donors (Lipinski definition) is 0. The molecule has 0 bridgehead atoms. The molecule has 0 radical (unpaired) electrons. The van der Waals surface area contributed by atoms with Gasteiger partial charge in [0.1, 0.15) is 5.82 Å². The van der Waals surface area contributed by atoms with E-state index in [4.69, 9.17) is 15.0 Å². The minimum atomic E-state index is -0.389. The molecule has 0 aliphatic heterocycles. The summed E-state index contributed by atoms with van der Waals surface area (Å²) in [5.41, 5.74) is 4.77. The van der Waals surface area contributed by atoms with Crippen molar-refractivity contribution >= 4 is 17.0 Å². The number of ether oxygens (including phenoxy) is 1. The Kier molecular flexibility index (Phi) is 4.61. The Balaban J connectivity index is 1.88. The Bertz CT molecular complexity index is 1190. The van der Waals surface area contributed by atoms with Crippen LogP contribution in [0.3, 0.4) is 0 Å². The third-order valence-electron chi connectivity index (χ3n) is 4.63. The van der Waals surface area contributed by atoms with Crippen LogP contribution in [-0.4, -0.2) is 22.6 Å². The summed E-state index contributed by atoms with van der Waals surface area (Å²) in [6.07, 6.45) is 0. The van der Waals surface area contributed by atoms with Crippen LogP contribution in [0.25, 0.3) is 22.4 Å². The van der Waals surface area contributed by atoms with Crippen LogP contribution in [0, 0.1) is 11.3 Å². The van der Waals surface area contributed by atoms with Gasteiger partial charge in [-0.15, -0.1) is 0 Å². The van der Waals surface area contributed by atoms with E-state index in [1.165, 1.54) is 7.11 Å². The molecule has 4 aromatic rings. The van der Waals surface area contributed by atoms with Gasteiger partial charge < -0.3 is 9.30 Å². The van der Waals surface area contributed by atoms with E-state index in [1.54, 1.807) is 24.3 Å². The zero-order chi connectivity index (χ0) is 19.5. The van der Waals surface area contributed by atoms with E-state index >= 15 is 0 Å². The number of carbonyl (C=O) groups excluding carboxylic acids is 1. The molecule has 0 spiro atoms. The summed E-state index contributed by atoms with van der Waals surface area (Å²) in [6.45, 7) is 0.643. The summed E-state index contributed by atoms with van der Waals surface area (Å²) in [5, 5.41) is 9.05. The van der Waals surface area contributed by atoms with Crippen molar-refractivity contribution in [3.8, 4) is 17.5 Å². The van der Waals surface area contributed by atoms with Gasteiger partial charge in [-0.2, -0.15) is 5.26 Å². The van der Waals surface area contributed by atoms with E-state index in [0.29, 0.717) is 17.7 Å². The van der Waals surface area contributed by atoms with Crippen LogP contribution in [0.1, 0.15) is 21.5 Å². The lowest BCUT2D eigenvalue weighted by Gasteiger charge is -2.10. The number of fused-ring (bicyclic) bond motifs is 1. The van der Waals surface area contributed by atoms with E-state index in [1.807, 2.05) is 36.4 Å². The number of nitriles is 1. The molecule has 0 aliphatic rings. The van der Waals surface area contributed by atoms with Crippen molar-refractivity contribution in [3.05, 3.63) is 89.5 Å². The minimum absolute atomic E-state index is 0.389. The number of esters is 1. The Labute approximate surface area is 162 Å². The van der Waals surface area contributed by atoms with Gasteiger partial charge in [-0.05, 0) is 48.0 Å². The Hall–Kier alpha value is -3.91. The lowest BCUT2D eigenvalue weighted by Crippen LogP contribution is -2.03. The lowest BCUT2D eigenvalue weighted by molar-refractivity contribution is 0.0601. The fourth-order valence-electron chi connectivity index (χ4n) is 3.21. The van der Waals surface area contributed by atoms with Gasteiger partial charge in [0.05, 0.1) is 35.3 Å². The Morgan fingerprint density at radius 1 is 1.07 bits per heavy atom. The van der Waals surface area contributed by atoms with Crippen molar-refractivity contribution < 1.29 is 9.53 Å². The number of benzene rings is 3. The summed E-state index contributed by atoms with van der Waals surface area (Å²) < 4.78 is 6.94. The minimum Gasteiger partial charge on any atom is -0.465 e. The fourth-order valence-corrected chi connectivity index (χ4v) is 3.21. The average molecular weight is 367 g/mol. The van der Waals surface area contributed by atoms with Crippen LogP contribution < -0.4 is 0 Å². The topological polar surface area (TPSA) is 67.9 Å². The number of hydrogen-bond acceptors (Lipinski definition) is 4. The maximum Gasteiger partial charge on any atom is 0.337 e. The highest BCUT2D eigenvalue weighted by Gasteiger charge is 2.15. The first kappa shape index (κ1) is 17.5. The standard InChI is InChI=1S/C23H17N3O2/c1-28-23(27)19-11-12-21-20(13-19)25-22(18-9-7-16(14-24)8-10-18)26(21)15-17-5-3-2-4-6-17/h2-13H,15H2,1H3. The highest BCUT2D eigenvalue weighted by Crippen LogP contribution is 2.27. The van der Waals surface area contributed by atoms with Gasteiger partial charge in [-0.25, -0.2) is 9.78 Å². The van der Waals surface area contributed by atoms with Crippen molar-refractivity contribution in [2.45, 2.75) is 6.54 Å². The molecule has 0 N–H and O–H groups in total. The van der Waals surface area contributed by atoms with Gasteiger partial charge >= 0.3 is 5.97 Å². The zero-order valence-corrected chi connectivity index (χ0v) is 15.3. The van der Waals surface area contributed by atoms with Crippen LogP contribution in [-0.2, 0) is 11.3 Å². The van der Waals surface area contributed by atoms with Gasteiger partial charge in [0, 0.05) is 12.1 Å². The van der Waals surface area contributed by atoms with E-state index in [0.717, 1.165) is 28.0 Å². The fraction of sp³-hybridized carbons (Fsp3) is 0.0870. The van der Waals surface area contributed by atoms with Crippen LogP contribution in [0.2, 0.25) is 0 Å². The Morgan fingerprint density at radius 2 is 1.82 bits per heavy atom. The van der Waals surface area contributed by atoms with Crippen LogP contribution in [0.15, 0.2) is 72.8 Å². The van der Waals surface area contributed by atoms with Crippen molar-refractivity contribution in [3.63, 3.8) is 0 Å². The third kappa shape index (κ3) is 3.24. The summed E-state index contributed by atoms with van der Waals surface area (Å²) >= 11 is 0. The Morgan fingerprint density at radius 3 is 2.50 bits per heavy atom. The van der Waals surface area contributed by atoms with Gasteiger partial charge in [-0.3, -0.25) is 0 Å². The molecule has 136 valence electrons. The molecule has 5 heteroatoms. The second-order valence-corrected chi connectivity index (χ2v) is 6.39. The van der Waals surface area contributed by atoms with Crippen molar-refractivity contribution in [1.82, 2.24) is 9.55 Å². The van der Waals surface area contributed by atoms with Crippen molar-refractivity contribution in [2.75, 3.05) is 7.11 Å². The van der Waals surface area contributed by atoms with E-state index in [-0.39, 0.29) is 5.97 Å². The molecule has 1 heterocycles. The molecule has 5 nitrogen and oxygen atoms in total. The lowest BCUT2D eigenvalue weighted by atomic mass is 10.1. The summed E-state index contributed by atoms with van der Waals surface area (Å²) in [7, 11) is 1.36. The first-order valence-corrected chi connectivity index (χ1v) is 8.82. The molecule has 0 atom stereocenters. The quantitative estimate of drug-likeness (QED) is 0.501. The number of carbonyl (C=O) groups is 1. The first-order valence-electron chi connectivity index (χ1n) is 8.82. The van der Waals surface area contributed by atoms with E-state index < -0.39 is 0 Å². The van der Waals surface area contributed by atoms with Crippen molar-refractivity contribution in [2.24, 2.45) is 0 Å². The predicted octanol–water partition coefficient (Wildman–Crippen LogP) is 4.41. The number of nitrogens with zero attached hydrogens (tertiary/aromatic N) is 3. The first-order chi connectivity index (χ1) is 13.7. The van der Waals surface area contributed by atoms with Crippen LogP contribution in [0.4, 0.5) is 0 Å². The molecule has 28 heavy (non-hydrogen) atoms. The number of imidazole rings is 1. The largest absolute Gasteiger partial charge is 0.465 e. The van der Waals surface area contributed by atoms with Crippen molar-refractivity contribution in [1.29, 1.82) is 5.26 Å². The molecule has 0 amide bonds. The van der Waals surface area contributed by atoms with Crippen LogP contribution in [0.5, 0.6) is 0 Å². The maximum absolute atomic E-state index is 11.9.